The summed E-state index contributed by atoms with van der Waals surface area (Å²) in [4.78, 5) is 0. The summed E-state index contributed by atoms with van der Waals surface area (Å²) in [6.45, 7) is 3.43. The maximum absolute atomic E-state index is 6.18. The molecule has 0 aliphatic heterocycles. The highest BCUT2D eigenvalue weighted by Gasteiger charge is 2.16. The van der Waals surface area contributed by atoms with Crippen molar-refractivity contribution in [2.75, 3.05) is 32.8 Å². The van der Waals surface area contributed by atoms with Crippen molar-refractivity contribution in [1.29, 1.82) is 0 Å². The zero-order valence-corrected chi connectivity index (χ0v) is 19.6. The maximum atomic E-state index is 6.18. The Morgan fingerprint density at radius 2 is 1.62 bits per heavy atom. The number of rotatable bonds is 15. The number of methoxy groups -OCH3 is 2. The summed E-state index contributed by atoms with van der Waals surface area (Å²) in [5.41, 5.74) is 0. The van der Waals surface area contributed by atoms with Crippen LogP contribution >= 0.6 is 15.9 Å². The highest BCUT2D eigenvalue weighted by atomic mass is 79.9. The number of hydrogen-bond donors (Lipinski definition) is 0. The van der Waals surface area contributed by atoms with E-state index in [2.05, 4.69) is 35.0 Å². The normalized spacial score (nSPS) is 12.1. The van der Waals surface area contributed by atoms with Crippen LogP contribution in [0.2, 0.25) is 0 Å². The van der Waals surface area contributed by atoms with Gasteiger partial charge in [-0.2, -0.15) is 0 Å². The SMILES string of the molecule is CCCCCCCCOc1c(OC)cc(OCC(CCBr)OC)c2ccccc12. The van der Waals surface area contributed by atoms with Crippen LogP contribution in [-0.4, -0.2) is 38.9 Å². The Kier molecular flexibility index (Phi) is 11.3. The second-order valence-corrected chi connectivity index (χ2v) is 8.01. The Morgan fingerprint density at radius 1 is 0.897 bits per heavy atom. The third-order valence-corrected chi connectivity index (χ3v) is 5.53. The molecule has 0 saturated carbocycles. The van der Waals surface area contributed by atoms with Gasteiger partial charge in [0, 0.05) is 29.3 Å². The zero-order chi connectivity index (χ0) is 20.9. The lowest BCUT2D eigenvalue weighted by atomic mass is 10.1. The van der Waals surface area contributed by atoms with Gasteiger partial charge in [-0.05, 0) is 12.8 Å². The van der Waals surface area contributed by atoms with Gasteiger partial charge in [0.25, 0.3) is 0 Å². The topological polar surface area (TPSA) is 36.9 Å². The molecule has 0 saturated heterocycles. The molecule has 4 nitrogen and oxygen atoms in total. The van der Waals surface area contributed by atoms with Crippen molar-refractivity contribution < 1.29 is 18.9 Å². The quantitative estimate of drug-likeness (QED) is 0.214. The molecule has 0 N–H and O–H groups in total. The Morgan fingerprint density at radius 3 is 2.31 bits per heavy atom. The van der Waals surface area contributed by atoms with Crippen LogP contribution in [0.1, 0.15) is 51.9 Å². The van der Waals surface area contributed by atoms with Gasteiger partial charge in [-0.3, -0.25) is 0 Å². The Balaban J connectivity index is 2.11. The monoisotopic (exact) mass is 466 g/mol. The van der Waals surface area contributed by atoms with E-state index in [1.807, 2.05) is 18.2 Å². The summed E-state index contributed by atoms with van der Waals surface area (Å²) < 4.78 is 23.4. The van der Waals surface area contributed by atoms with Crippen molar-refractivity contribution in [1.82, 2.24) is 0 Å². The van der Waals surface area contributed by atoms with Crippen LogP contribution in [0.5, 0.6) is 17.2 Å². The molecule has 0 aromatic heterocycles. The predicted octanol–water partition coefficient (Wildman–Crippen LogP) is 6.77. The van der Waals surface area contributed by atoms with E-state index in [4.69, 9.17) is 18.9 Å². The summed E-state index contributed by atoms with van der Waals surface area (Å²) in [6, 6.07) is 10.1. The molecule has 0 bridgehead atoms. The third kappa shape index (κ3) is 7.38. The molecular weight excluding hydrogens is 432 g/mol. The van der Waals surface area contributed by atoms with Crippen LogP contribution in [0.3, 0.4) is 0 Å². The molecule has 29 heavy (non-hydrogen) atoms. The molecule has 1 atom stereocenters. The molecule has 5 heteroatoms. The average Bonchev–Trinajstić information content (AvgIpc) is 2.76. The van der Waals surface area contributed by atoms with Crippen LogP contribution in [0, 0.1) is 0 Å². The fraction of sp³-hybridized carbons (Fsp3) is 0.583. The minimum Gasteiger partial charge on any atom is -0.493 e. The third-order valence-electron chi connectivity index (χ3n) is 5.08. The van der Waals surface area contributed by atoms with Crippen molar-refractivity contribution in [2.24, 2.45) is 0 Å². The molecule has 0 aliphatic carbocycles. The summed E-state index contributed by atoms with van der Waals surface area (Å²) in [5, 5.41) is 2.92. The minimum atomic E-state index is 0.0442. The highest BCUT2D eigenvalue weighted by Crippen LogP contribution is 2.41. The molecule has 1 unspecified atom stereocenters. The molecule has 0 radical (unpaired) electrons. The lowest BCUT2D eigenvalue weighted by Gasteiger charge is -2.19. The molecule has 0 amide bonds. The maximum Gasteiger partial charge on any atom is 0.169 e. The van der Waals surface area contributed by atoms with E-state index in [0.717, 1.165) is 40.4 Å². The summed E-state index contributed by atoms with van der Waals surface area (Å²) in [5.74, 6) is 2.30. The Bertz CT molecular complexity index is 719. The van der Waals surface area contributed by atoms with Gasteiger partial charge in [0.2, 0.25) is 0 Å². The number of halogens is 1. The van der Waals surface area contributed by atoms with Crippen molar-refractivity contribution in [3.8, 4) is 17.2 Å². The smallest absolute Gasteiger partial charge is 0.169 e. The van der Waals surface area contributed by atoms with E-state index in [1.54, 1.807) is 14.2 Å². The average molecular weight is 467 g/mol. The molecule has 2 rings (SSSR count). The Labute approximate surface area is 184 Å². The van der Waals surface area contributed by atoms with E-state index in [1.165, 1.54) is 32.1 Å². The summed E-state index contributed by atoms with van der Waals surface area (Å²) >= 11 is 3.46. The molecule has 0 aliphatic rings. The second-order valence-electron chi connectivity index (χ2n) is 7.21. The molecule has 2 aromatic carbocycles. The fourth-order valence-corrected chi connectivity index (χ4v) is 3.85. The number of benzene rings is 2. The van der Waals surface area contributed by atoms with Gasteiger partial charge in [0.1, 0.15) is 12.4 Å². The zero-order valence-electron chi connectivity index (χ0n) is 18.0. The number of ether oxygens (including phenoxy) is 4. The van der Waals surface area contributed by atoms with Crippen LogP contribution in [0.15, 0.2) is 30.3 Å². The first-order valence-corrected chi connectivity index (χ1v) is 11.8. The lowest BCUT2D eigenvalue weighted by Crippen LogP contribution is -2.20. The number of alkyl halides is 1. The van der Waals surface area contributed by atoms with Crippen molar-refractivity contribution in [3.63, 3.8) is 0 Å². The van der Waals surface area contributed by atoms with Crippen LogP contribution in [0.4, 0.5) is 0 Å². The largest absolute Gasteiger partial charge is 0.493 e. The van der Waals surface area contributed by atoms with Gasteiger partial charge in [-0.15, -0.1) is 0 Å². The molecule has 0 spiro atoms. The number of fused-ring (bicyclic) bond motifs is 1. The molecule has 0 heterocycles. The predicted molar refractivity (Wildman–Crippen MR) is 124 cm³/mol. The van der Waals surface area contributed by atoms with E-state index in [0.29, 0.717) is 19.0 Å². The lowest BCUT2D eigenvalue weighted by molar-refractivity contribution is 0.0570. The highest BCUT2D eigenvalue weighted by molar-refractivity contribution is 9.09. The van der Waals surface area contributed by atoms with Crippen molar-refractivity contribution >= 4 is 26.7 Å². The number of unbranched alkanes of at least 4 members (excludes halogenated alkanes) is 5. The fourth-order valence-electron chi connectivity index (χ4n) is 3.34. The van der Waals surface area contributed by atoms with Gasteiger partial charge >= 0.3 is 0 Å². The number of hydrogen-bond acceptors (Lipinski definition) is 4. The first kappa shape index (κ1) is 23.8. The first-order chi connectivity index (χ1) is 14.2. The first-order valence-electron chi connectivity index (χ1n) is 10.7. The van der Waals surface area contributed by atoms with Gasteiger partial charge in [-0.1, -0.05) is 79.2 Å². The standard InChI is InChI=1S/C24H35BrO4/c1-4-5-6-7-8-11-16-28-24-21-13-10-9-12-20(21)22(17-23(24)27-3)29-18-19(26-2)14-15-25/h9-10,12-13,17,19H,4-8,11,14-16,18H2,1-3H3. The van der Waals surface area contributed by atoms with Crippen molar-refractivity contribution in [3.05, 3.63) is 30.3 Å². The van der Waals surface area contributed by atoms with Gasteiger partial charge in [-0.25, -0.2) is 0 Å². The van der Waals surface area contributed by atoms with Crippen LogP contribution in [0.25, 0.3) is 10.8 Å². The second kappa shape index (κ2) is 13.7. The van der Waals surface area contributed by atoms with Gasteiger partial charge in [0.15, 0.2) is 11.5 Å². The van der Waals surface area contributed by atoms with Crippen molar-refractivity contribution in [2.45, 2.75) is 58.0 Å². The minimum absolute atomic E-state index is 0.0442. The summed E-state index contributed by atoms with van der Waals surface area (Å²) in [6.07, 6.45) is 8.38. The molecule has 0 fully saturated rings. The van der Waals surface area contributed by atoms with E-state index in [-0.39, 0.29) is 6.10 Å². The van der Waals surface area contributed by atoms with E-state index < -0.39 is 0 Å². The Hall–Kier alpha value is -1.46. The molecule has 162 valence electrons. The van der Waals surface area contributed by atoms with Crippen LogP contribution in [-0.2, 0) is 4.74 Å². The molecule has 2 aromatic rings. The van der Waals surface area contributed by atoms with Gasteiger partial charge < -0.3 is 18.9 Å². The van der Waals surface area contributed by atoms with E-state index in [9.17, 15) is 0 Å². The molecular formula is C24H35BrO4. The summed E-state index contributed by atoms with van der Waals surface area (Å²) in [7, 11) is 3.39. The van der Waals surface area contributed by atoms with E-state index >= 15 is 0 Å². The van der Waals surface area contributed by atoms with Gasteiger partial charge in [0.05, 0.1) is 19.8 Å². The van der Waals surface area contributed by atoms with Crippen LogP contribution < -0.4 is 14.2 Å².